The van der Waals surface area contributed by atoms with Gasteiger partial charge in [0.1, 0.15) is 11.6 Å². The van der Waals surface area contributed by atoms with Gasteiger partial charge in [-0.1, -0.05) is 13.8 Å². The number of nitrogens with zero attached hydrogens (tertiary/aromatic N) is 3. The summed E-state index contributed by atoms with van der Waals surface area (Å²) in [4.78, 5) is 10.3. The monoisotopic (exact) mass is 221 g/mol. The fourth-order valence-corrected chi connectivity index (χ4v) is 1.97. The van der Waals surface area contributed by atoms with Gasteiger partial charge in [0.25, 0.3) is 0 Å². The third kappa shape index (κ3) is 2.35. The molecule has 0 aliphatic carbocycles. The van der Waals surface area contributed by atoms with Crippen molar-refractivity contribution >= 4 is 17.6 Å². The highest BCUT2D eigenvalue weighted by atomic mass is 15.2. The van der Waals surface area contributed by atoms with Gasteiger partial charge in [-0.05, 0) is 18.3 Å². The number of hydrogen-bond acceptors (Lipinski definition) is 5. The Kier molecular flexibility index (Phi) is 2.61. The van der Waals surface area contributed by atoms with Crippen molar-refractivity contribution in [3.8, 4) is 0 Å². The van der Waals surface area contributed by atoms with E-state index in [1.807, 2.05) is 0 Å². The topological polar surface area (TPSA) is 81.1 Å². The lowest BCUT2D eigenvalue weighted by Gasteiger charge is -2.37. The Morgan fingerprint density at radius 1 is 1.19 bits per heavy atom. The van der Waals surface area contributed by atoms with Crippen LogP contribution < -0.4 is 16.4 Å². The van der Waals surface area contributed by atoms with Gasteiger partial charge in [-0.2, -0.15) is 9.97 Å². The Morgan fingerprint density at radius 3 is 2.38 bits per heavy atom. The van der Waals surface area contributed by atoms with Crippen molar-refractivity contribution in [1.29, 1.82) is 0 Å². The lowest BCUT2D eigenvalue weighted by molar-refractivity contribution is 0.279. The Hall–Kier alpha value is -1.52. The molecule has 1 aromatic heterocycles. The summed E-state index contributed by atoms with van der Waals surface area (Å²) in [5, 5.41) is 0. The standard InChI is InChI=1S/C11H19N5/c1-11(2)3-5-16(6-4-11)9-7-8(12)14-10(13)15-9/h7H,3-6H2,1-2H3,(H4,12,13,14,15). The number of nitrogen functional groups attached to an aromatic ring is 2. The molecule has 0 spiro atoms. The average Bonchev–Trinajstić information content (AvgIpc) is 2.15. The van der Waals surface area contributed by atoms with E-state index < -0.39 is 0 Å². The van der Waals surface area contributed by atoms with E-state index in [9.17, 15) is 0 Å². The minimum absolute atomic E-state index is 0.250. The number of rotatable bonds is 1. The zero-order valence-electron chi connectivity index (χ0n) is 9.90. The summed E-state index contributed by atoms with van der Waals surface area (Å²) in [7, 11) is 0. The fourth-order valence-electron chi connectivity index (χ4n) is 1.97. The third-order valence-electron chi connectivity index (χ3n) is 3.19. The molecule has 0 bridgehead atoms. The normalized spacial score (nSPS) is 19.8. The number of piperidine rings is 1. The van der Waals surface area contributed by atoms with Crippen LogP contribution in [0.4, 0.5) is 17.6 Å². The van der Waals surface area contributed by atoms with Crippen molar-refractivity contribution in [2.75, 3.05) is 29.5 Å². The van der Waals surface area contributed by atoms with E-state index in [2.05, 4.69) is 28.7 Å². The molecule has 1 fully saturated rings. The Balaban J connectivity index is 2.14. The Morgan fingerprint density at radius 2 is 1.81 bits per heavy atom. The summed E-state index contributed by atoms with van der Waals surface area (Å²) in [6.07, 6.45) is 2.33. The molecule has 1 aromatic rings. The molecule has 1 aliphatic heterocycles. The molecule has 0 saturated carbocycles. The molecule has 0 amide bonds. The van der Waals surface area contributed by atoms with Crippen LogP contribution in [0.1, 0.15) is 26.7 Å². The van der Waals surface area contributed by atoms with Crippen molar-refractivity contribution in [2.45, 2.75) is 26.7 Å². The minimum atomic E-state index is 0.250. The summed E-state index contributed by atoms with van der Waals surface area (Å²) in [5.41, 5.74) is 11.7. The summed E-state index contributed by atoms with van der Waals surface area (Å²) < 4.78 is 0. The van der Waals surface area contributed by atoms with Gasteiger partial charge in [0.05, 0.1) is 0 Å². The molecule has 88 valence electrons. The molecular weight excluding hydrogens is 202 g/mol. The first-order valence-electron chi connectivity index (χ1n) is 5.61. The van der Waals surface area contributed by atoms with Crippen molar-refractivity contribution in [2.24, 2.45) is 5.41 Å². The van der Waals surface area contributed by atoms with Crippen LogP contribution in [-0.2, 0) is 0 Å². The first-order valence-corrected chi connectivity index (χ1v) is 5.61. The number of aromatic nitrogens is 2. The zero-order chi connectivity index (χ0) is 11.8. The van der Waals surface area contributed by atoms with Crippen molar-refractivity contribution in [3.05, 3.63) is 6.07 Å². The average molecular weight is 221 g/mol. The van der Waals surface area contributed by atoms with Gasteiger partial charge in [0.2, 0.25) is 5.95 Å². The first kappa shape index (κ1) is 11.0. The summed E-state index contributed by atoms with van der Waals surface area (Å²) >= 11 is 0. The third-order valence-corrected chi connectivity index (χ3v) is 3.19. The largest absolute Gasteiger partial charge is 0.383 e. The van der Waals surface area contributed by atoms with E-state index in [-0.39, 0.29) is 5.95 Å². The van der Waals surface area contributed by atoms with Crippen LogP contribution in [0.5, 0.6) is 0 Å². The Labute approximate surface area is 95.9 Å². The second kappa shape index (κ2) is 3.81. The maximum absolute atomic E-state index is 5.66. The SMILES string of the molecule is CC1(C)CCN(c2cc(N)nc(N)n2)CC1. The van der Waals surface area contributed by atoms with Crippen LogP contribution in [-0.4, -0.2) is 23.1 Å². The first-order chi connectivity index (χ1) is 7.46. The van der Waals surface area contributed by atoms with Gasteiger partial charge in [0, 0.05) is 19.2 Å². The lowest BCUT2D eigenvalue weighted by atomic mass is 9.83. The molecule has 0 unspecified atom stereocenters. The predicted molar refractivity (Wildman–Crippen MR) is 66.1 cm³/mol. The van der Waals surface area contributed by atoms with Crippen LogP contribution in [0.3, 0.4) is 0 Å². The highest BCUT2D eigenvalue weighted by molar-refractivity contribution is 5.50. The van der Waals surface area contributed by atoms with E-state index in [4.69, 9.17) is 11.5 Å². The van der Waals surface area contributed by atoms with Gasteiger partial charge in [-0.3, -0.25) is 0 Å². The predicted octanol–water partition coefficient (Wildman–Crippen LogP) is 1.27. The van der Waals surface area contributed by atoms with E-state index in [1.165, 1.54) is 0 Å². The highest BCUT2D eigenvalue weighted by Crippen LogP contribution is 2.31. The zero-order valence-corrected chi connectivity index (χ0v) is 9.90. The smallest absolute Gasteiger partial charge is 0.223 e. The van der Waals surface area contributed by atoms with Gasteiger partial charge in [0.15, 0.2) is 0 Å². The van der Waals surface area contributed by atoms with Gasteiger partial charge in [-0.25, -0.2) is 0 Å². The molecule has 2 rings (SSSR count). The second-order valence-corrected chi connectivity index (χ2v) is 5.16. The Bertz CT molecular complexity index is 358. The van der Waals surface area contributed by atoms with Crippen LogP contribution in [0.25, 0.3) is 0 Å². The molecule has 0 aromatic carbocycles. The van der Waals surface area contributed by atoms with Crippen LogP contribution >= 0.6 is 0 Å². The number of anilines is 3. The van der Waals surface area contributed by atoms with Crippen molar-refractivity contribution < 1.29 is 0 Å². The molecule has 0 atom stereocenters. The highest BCUT2D eigenvalue weighted by Gasteiger charge is 2.26. The van der Waals surface area contributed by atoms with E-state index in [0.717, 1.165) is 31.7 Å². The van der Waals surface area contributed by atoms with E-state index in [0.29, 0.717) is 11.2 Å². The molecule has 1 saturated heterocycles. The van der Waals surface area contributed by atoms with E-state index >= 15 is 0 Å². The van der Waals surface area contributed by atoms with Gasteiger partial charge in [-0.15, -0.1) is 0 Å². The molecule has 5 nitrogen and oxygen atoms in total. The van der Waals surface area contributed by atoms with Crippen LogP contribution in [0, 0.1) is 5.41 Å². The molecule has 2 heterocycles. The second-order valence-electron chi connectivity index (χ2n) is 5.16. The quantitative estimate of drug-likeness (QED) is 0.746. The molecule has 1 aliphatic rings. The van der Waals surface area contributed by atoms with E-state index in [1.54, 1.807) is 6.07 Å². The lowest BCUT2D eigenvalue weighted by Crippen LogP contribution is -2.37. The molecule has 0 radical (unpaired) electrons. The van der Waals surface area contributed by atoms with Crippen LogP contribution in [0.2, 0.25) is 0 Å². The van der Waals surface area contributed by atoms with Crippen molar-refractivity contribution in [1.82, 2.24) is 9.97 Å². The maximum Gasteiger partial charge on any atom is 0.223 e. The summed E-state index contributed by atoms with van der Waals surface area (Å²) in [5.74, 6) is 1.53. The summed E-state index contributed by atoms with van der Waals surface area (Å²) in [6, 6.07) is 1.79. The van der Waals surface area contributed by atoms with Gasteiger partial charge < -0.3 is 16.4 Å². The molecular formula is C11H19N5. The van der Waals surface area contributed by atoms with Gasteiger partial charge >= 0.3 is 0 Å². The molecule has 4 N–H and O–H groups in total. The minimum Gasteiger partial charge on any atom is -0.383 e. The summed E-state index contributed by atoms with van der Waals surface area (Å²) in [6.45, 7) is 6.60. The molecule has 5 heteroatoms. The fraction of sp³-hybridized carbons (Fsp3) is 0.636. The van der Waals surface area contributed by atoms with Crippen LogP contribution in [0.15, 0.2) is 6.07 Å². The van der Waals surface area contributed by atoms with Crippen molar-refractivity contribution in [3.63, 3.8) is 0 Å². The number of hydrogen-bond donors (Lipinski definition) is 2. The maximum atomic E-state index is 5.66. The number of nitrogens with two attached hydrogens (primary N) is 2. The molecule has 16 heavy (non-hydrogen) atoms.